The van der Waals surface area contributed by atoms with Gasteiger partial charge in [-0.25, -0.2) is 11.6 Å². The van der Waals surface area contributed by atoms with Crippen molar-refractivity contribution in [1.82, 2.24) is 0 Å². The monoisotopic (exact) mass is 400 g/mol. The second kappa shape index (κ2) is 18.4. The Morgan fingerprint density at radius 3 is 1.04 bits per heavy atom. The van der Waals surface area contributed by atoms with Crippen LogP contribution in [-0.2, 0) is 26.2 Å². The van der Waals surface area contributed by atoms with Gasteiger partial charge in [-0.05, 0) is 0 Å². The maximum Gasteiger partial charge on any atom is 4.00 e. The van der Waals surface area contributed by atoms with Gasteiger partial charge in [0.15, 0.2) is 0 Å². The Kier molecular flexibility index (Phi) is 16.9. The van der Waals surface area contributed by atoms with E-state index in [0.29, 0.717) is 0 Å². The van der Waals surface area contributed by atoms with Gasteiger partial charge in [-0.3, -0.25) is 6.08 Å². The molecule has 0 saturated heterocycles. The Bertz CT molecular complexity index is 486. The van der Waals surface area contributed by atoms with E-state index in [4.69, 9.17) is 0 Å². The molecule has 122 valence electrons. The Morgan fingerprint density at radius 1 is 0.600 bits per heavy atom. The van der Waals surface area contributed by atoms with Crippen LogP contribution in [0.4, 0.5) is 0 Å². The molecule has 3 aromatic rings. The third-order valence-corrected chi connectivity index (χ3v) is 2.69. The van der Waals surface area contributed by atoms with Gasteiger partial charge in [0, 0.05) is 0 Å². The quantitative estimate of drug-likeness (QED) is 0.396. The Hall–Kier alpha value is -1.98. The van der Waals surface area contributed by atoms with Crippen LogP contribution in [0, 0.1) is 24.3 Å². The van der Waals surface area contributed by atoms with Crippen molar-refractivity contribution in [3.63, 3.8) is 0 Å². The van der Waals surface area contributed by atoms with Crippen molar-refractivity contribution in [3.8, 4) is 0 Å². The second-order valence-corrected chi connectivity index (χ2v) is 4.70. The van der Waals surface area contributed by atoms with E-state index < -0.39 is 0 Å². The number of allylic oxidation sites excluding steroid dienone is 4. The van der Waals surface area contributed by atoms with Gasteiger partial charge in [-0.1, -0.05) is 6.92 Å². The first kappa shape index (κ1) is 23.0. The predicted octanol–water partition coefficient (Wildman–Crippen LogP) is 6.15. The average molecular weight is 402 g/mol. The fourth-order valence-electron chi connectivity index (χ4n) is 1.54. The van der Waals surface area contributed by atoms with Crippen molar-refractivity contribution in [2.45, 2.75) is 13.3 Å². The van der Waals surface area contributed by atoms with Gasteiger partial charge in [0.05, 0.1) is 0 Å². The molecule has 0 unspecified atom stereocenters. The van der Waals surface area contributed by atoms with Crippen LogP contribution < -0.4 is 0 Å². The molecule has 0 aromatic heterocycles. The Labute approximate surface area is 172 Å². The summed E-state index contributed by atoms with van der Waals surface area (Å²) in [5.74, 6) is 0. The molecular weight excluding hydrogens is 379 g/mol. The van der Waals surface area contributed by atoms with E-state index >= 15 is 0 Å². The molecular formula is C24H22Zr. The molecule has 0 N–H and O–H groups in total. The van der Waals surface area contributed by atoms with Crippen molar-refractivity contribution in [2.24, 2.45) is 0 Å². The molecule has 1 aliphatic carbocycles. The number of benzene rings is 3. The molecule has 0 spiro atoms. The smallest absolute Gasteiger partial charge is 0.270 e. The molecule has 0 heterocycles. The molecule has 0 aliphatic heterocycles. The Balaban J connectivity index is 0.000000303. The normalized spacial score (nSPS) is 10.2. The van der Waals surface area contributed by atoms with E-state index in [-0.39, 0.29) is 26.2 Å². The van der Waals surface area contributed by atoms with E-state index in [0.717, 1.165) is 6.42 Å². The van der Waals surface area contributed by atoms with Crippen LogP contribution in [-0.4, -0.2) is 0 Å². The van der Waals surface area contributed by atoms with Crippen LogP contribution in [0.2, 0.25) is 0 Å². The van der Waals surface area contributed by atoms with E-state index in [9.17, 15) is 0 Å². The first-order valence-corrected chi connectivity index (χ1v) is 7.87. The Morgan fingerprint density at radius 2 is 0.960 bits per heavy atom. The summed E-state index contributed by atoms with van der Waals surface area (Å²) < 4.78 is 0. The molecule has 0 amide bonds. The maximum absolute atomic E-state index is 3.12. The minimum atomic E-state index is 0. The largest absolute Gasteiger partial charge is 4.00 e. The van der Waals surface area contributed by atoms with E-state index in [1.54, 1.807) is 0 Å². The van der Waals surface area contributed by atoms with E-state index in [1.807, 2.05) is 91.0 Å². The SMILES string of the molecule is CC1=[C-]CC=C1.[Zr+4].[c-]1ccccc1.[c-]1ccccc1.[c-]1ccccc1. The van der Waals surface area contributed by atoms with Gasteiger partial charge in [0.1, 0.15) is 0 Å². The average Bonchev–Trinajstić information content (AvgIpc) is 3.18. The topological polar surface area (TPSA) is 0 Å². The van der Waals surface area contributed by atoms with Crippen molar-refractivity contribution in [1.29, 1.82) is 0 Å². The fourth-order valence-corrected chi connectivity index (χ4v) is 1.54. The zero-order valence-electron chi connectivity index (χ0n) is 14.5. The summed E-state index contributed by atoms with van der Waals surface area (Å²) >= 11 is 0. The van der Waals surface area contributed by atoms with Crippen LogP contribution >= 0.6 is 0 Å². The first-order chi connectivity index (χ1) is 11.9. The fraction of sp³-hybridized carbons (Fsp3) is 0.0833. The molecule has 1 heteroatoms. The summed E-state index contributed by atoms with van der Waals surface area (Å²) in [7, 11) is 0. The summed E-state index contributed by atoms with van der Waals surface area (Å²) in [5, 5.41) is 0. The first-order valence-electron chi connectivity index (χ1n) is 7.87. The maximum atomic E-state index is 3.12. The van der Waals surface area contributed by atoms with E-state index in [2.05, 4.69) is 43.4 Å². The minimum absolute atomic E-state index is 0. The third kappa shape index (κ3) is 16.7. The van der Waals surface area contributed by atoms with Gasteiger partial charge in [-0.2, -0.15) is 115 Å². The van der Waals surface area contributed by atoms with Gasteiger partial charge < -0.3 is 0 Å². The number of hydrogen-bond acceptors (Lipinski definition) is 0. The van der Waals surface area contributed by atoms with Gasteiger partial charge in [0.25, 0.3) is 0 Å². The summed E-state index contributed by atoms with van der Waals surface area (Å²) in [4.78, 5) is 0. The molecule has 0 atom stereocenters. The molecule has 0 saturated carbocycles. The predicted molar refractivity (Wildman–Crippen MR) is 102 cm³/mol. The van der Waals surface area contributed by atoms with Crippen molar-refractivity contribution >= 4 is 0 Å². The van der Waals surface area contributed by atoms with Gasteiger partial charge in [-0.15, -0.1) is 6.42 Å². The molecule has 3 aromatic carbocycles. The zero-order valence-corrected chi connectivity index (χ0v) is 17.0. The minimum Gasteiger partial charge on any atom is -0.270 e. The standard InChI is InChI=1S/C6H7.3C6H5.Zr/c1-6-4-2-3-5-6;3*1-2-4-6-5-3-1;/h2,4H,3H2,1H3;3*1-5H;/q4*-1;+4. The molecule has 0 bridgehead atoms. The van der Waals surface area contributed by atoms with Crippen molar-refractivity contribution in [2.75, 3.05) is 0 Å². The molecule has 0 fully saturated rings. The summed E-state index contributed by atoms with van der Waals surface area (Å²) in [6, 6.07) is 37.5. The zero-order chi connectivity index (χ0) is 17.1. The molecule has 0 nitrogen and oxygen atoms in total. The van der Waals surface area contributed by atoms with Crippen LogP contribution in [0.25, 0.3) is 0 Å². The second-order valence-electron chi connectivity index (χ2n) is 4.70. The van der Waals surface area contributed by atoms with Crippen LogP contribution in [0.1, 0.15) is 13.3 Å². The van der Waals surface area contributed by atoms with Crippen molar-refractivity contribution < 1.29 is 26.2 Å². The van der Waals surface area contributed by atoms with Crippen LogP contribution in [0.5, 0.6) is 0 Å². The van der Waals surface area contributed by atoms with Crippen molar-refractivity contribution in [3.05, 3.63) is 133 Å². The van der Waals surface area contributed by atoms with Crippen LogP contribution in [0.3, 0.4) is 0 Å². The van der Waals surface area contributed by atoms with Gasteiger partial charge >= 0.3 is 26.2 Å². The number of hydrogen-bond donors (Lipinski definition) is 0. The summed E-state index contributed by atoms with van der Waals surface area (Å²) in [6.07, 6.45) is 8.33. The van der Waals surface area contributed by atoms with E-state index in [1.165, 1.54) is 5.57 Å². The number of rotatable bonds is 0. The van der Waals surface area contributed by atoms with Crippen LogP contribution in [0.15, 0.2) is 109 Å². The molecule has 25 heavy (non-hydrogen) atoms. The molecule has 0 radical (unpaired) electrons. The third-order valence-electron chi connectivity index (χ3n) is 2.69. The summed E-state index contributed by atoms with van der Waals surface area (Å²) in [6.45, 7) is 2.06. The van der Waals surface area contributed by atoms with Gasteiger partial charge in [0.2, 0.25) is 0 Å². The molecule has 1 aliphatic rings. The summed E-state index contributed by atoms with van der Waals surface area (Å²) in [5.41, 5.74) is 1.27. The molecule has 4 rings (SSSR count).